The Morgan fingerprint density at radius 3 is 1.22 bits per heavy atom. The second kappa shape index (κ2) is 11.3. The summed E-state index contributed by atoms with van der Waals surface area (Å²) < 4.78 is 9.85. The predicted octanol–water partition coefficient (Wildman–Crippen LogP) is 4.81. The highest BCUT2D eigenvalue weighted by Crippen LogP contribution is 2.40. The average molecular weight is 489 g/mol. The van der Waals surface area contributed by atoms with Crippen LogP contribution in [0.25, 0.3) is 0 Å². The van der Waals surface area contributed by atoms with Crippen LogP contribution < -0.4 is 0 Å². The summed E-state index contributed by atoms with van der Waals surface area (Å²) in [5.41, 5.74) is 1.81. The molecule has 4 rings (SSSR count). The van der Waals surface area contributed by atoms with Crippen molar-refractivity contribution < 1.29 is 28.7 Å². The summed E-state index contributed by atoms with van der Waals surface area (Å²) in [4.78, 5) is 48.0. The quantitative estimate of drug-likeness (QED) is 0.574. The molecule has 0 aromatic heterocycles. The van der Waals surface area contributed by atoms with Gasteiger partial charge in [0.15, 0.2) is 11.6 Å². The number of rotatable bonds is 4. The van der Waals surface area contributed by atoms with Gasteiger partial charge in [0.05, 0.1) is 14.2 Å². The van der Waals surface area contributed by atoms with E-state index >= 15 is 0 Å². The summed E-state index contributed by atoms with van der Waals surface area (Å²) in [7, 11) is 2.73. The van der Waals surface area contributed by atoms with Crippen LogP contribution in [0.5, 0.6) is 0 Å². The van der Waals surface area contributed by atoms with Crippen molar-refractivity contribution in [1.82, 2.24) is 0 Å². The SMILES string of the molecule is COC(=O)[C@@]1(c2ccccc2)CC(=O)C=C(C)C1.COC(=O)[C@]1(c2ccccc2)CC(=O)C=C(C)C1. The molecular formula is C30H32O6. The van der Waals surface area contributed by atoms with Crippen molar-refractivity contribution in [3.8, 4) is 0 Å². The highest BCUT2D eigenvalue weighted by Gasteiger charge is 2.46. The van der Waals surface area contributed by atoms with E-state index < -0.39 is 10.8 Å². The normalized spacial score (nSPS) is 23.4. The Morgan fingerprint density at radius 1 is 0.611 bits per heavy atom. The van der Waals surface area contributed by atoms with Gasteiger partial charge in [0.25, 0.3) is 0 Å². The number of methoxy groups -OCH3 is 2. The minimum atomic E-state index is -0.855. The molecule has 0 aliphatic heterocycles. The van der Waals surface area contributed by atoms with Gasteiger partial charge < -0.3 is 9.47 Å². The van der Waals surface area contributed by atoms with Crippen LogP contribution in [0.1, 0.15) is 50.7 Å². The average Bonchev–Trinajstić information content (AvgIpc) is 2.87. The van der Waals surface area contributed by atoms with Gasteiger partial charge in [-0.1, -0.05) is 71.8 Å². The van der Waals surface area contributed by atoms with Crippen molar-refractivity contribution >= 4 is 23.5 Å². The minimum absolute atomic E-state index is 0.0204. The van der Waals surface area contributed by atoms with Gasteiger partial charge in [-0.15, -0.1) is 0 Å². The van der Waals surface area contributed by atoms with Crippen molar-refractivity contribution in [2.75, 3.05) is 14.2 Å². The van der Waals surface area contributed by atoms with Gasteiger partial charge >= 0.3 is 11.9 Å². The molecule has 0 bridgehead atoms. The third kappa shape index (κ3) is 5.54. The maximum Gasteiger partial charge on any atom is 0.317 e. The molecule has 2 aromatic carbocycles. The van der Waals surface area contributed by atoms with Crippen LogP contribution in [0, 0.1) is 0 Å². The zero-order chi connectivity index (χ0) is 26.3. The van der Waals surface area contributed by atoms with Crippen LogP contribution in [-0.2, 0) is 39.5 Å². The van der Waals surface area contributed by atoms with E-state index in [-0.39, 0.29) is 36.3 Å². The predicted molar refractivity (Wildman–Crippen MR) is 136 cm³/mol. The van der Waals surface area contributed by atoms with Crippen molar-refractivity contribution in [2.45, 2.75) is 50.4 Å². The number of hydrogen-bond acceptors (Lipinski definition) is 6. The Labute approximate surface area is 212 Å². The molecule has 0 spiro atoms. The number of ketones is 2. The zero-order valence-electron chi connectivity index (χ0n) is 21.2. The van der Waals surface area contributed by atoms with Crippen LogP contribution in [-0.4, -0.2) is 37.7 Å². The fourth-order valence-corrected chi connectivity index (χ4v) is 5.26. The molecule has 0 N–H and O–H groups in total. The number of hydrogen-bond donors (Lipinski definition) is 0. The van der Waals surface area contributed by atoms with Crippen LogP contribution in [0.4, 0.5) is 0 Å². The first-order valence-corrected chi connectivity index (χ1v) is 11.8. The molecule has 2 aliphatic rings. The lowest BCUT2D eigenvalue weighted by atomic mass is 9.69. The van der Waals surface area contributed by atoms with Crippen molar-refractivity contribution in [2.24, 2.45) is 0 Å². The molecule has 2 atom stereocenters. The number of esters is 2. The van der Waals surface area contributed by atoms with Gasteiger partial charge in [0, 0.05) is 12.8 Å². The monoisotopic (exact) mass is 488 g/mol. The molecule has 0 fully saturated rings. The van der Waals surface area contributed by atoms with E-state index in [2.05, 4.69) is 0 Å². The van der Waals surface area contributed by atoms with E-state index in [1.807, 2.05) is 74.5 Å². The first-order valence-electron chi connectivity index (χ1n) is 11.8. The summed E-state index contributed by atoms with van der Waals surface area (Å²) in [6.07, 6.45) is 4.67. The Balaban J connectivity index is 0.000000201. The minimum Gasteiger partial charge on any atom is -0.468 e. The van der Waals surface area contributed by atoms with Gasteiger partial charge in [-0.05, 0) is 50.0 Å². The van der Waals surface area contributed by atoms with E-state index in [1.54, 1.807) is 12.2 Å². The first kappa shape index (κ1) is 26.8. The largest absolute Gasteiger partial charge is 0.468 e. The number of carbonyl (C=O) groups is 4. The van der Waals surface area contributed by atoms with Crippen LogP contribution in [0.3, 0.4) is 0 Å². The summed E-state index contributed by atoms with van der Waals surface area (Å²) in [5, 5.41) is 0. The number of allylic oxidation sites excluding steroid dienone is 4. The zero-order valence-corrected chi connectivity index (χ0v) is 21.2. The molecule has 36 heavy (non-hydrogen) atoms. The Bertz CT molecular complexity index is 1100. The summed E-state index contributed by atoms with van der Waals surface area (Å²) in [6, 6.07) is 18.8. The van der Waals surface area contributed by atoms with Crippen LogP contribution in [0.15, 0.2) is 84.0 Å². The van der Waals surface area contributed by atoms with E-state index in [0.29, 0.717) is 12.8 Å². The van der Waals surface area contributed by atoms with E-state index in [4.69, 9.17) is 9.47 Å². The summed E-state index contributed by atoms with van der Waals surface area (Å²) in [5.74, 6) is -0.718. The van der Waals surface area contributed by atoms with Crippen LogP contribution in [0.2, 0.25) is 0 Å². The molecule has 0 unspecified atom stereocenters. The van der Waals surface area contributed by atoms with Crippen molar-refractivity contribution in [3.63, 3.8) is 0 Å². The molecule has 0 saturated carbocycles. The molecule has 0 heterocycles. The molecular weight excluding hydrogens is 456 g/mol. The second-order valence-electron chi connectivity index (χ2n) is 9.50. The maximum absolute atomic E-state index is 12.2. The topological polar surface area (TPSA) is 86.7 Å². The molecule has 0 amide bonds. The molecule has 0 radical (unpaired) electrons. The van der Waals surface area contributed by atoms with E-state index in [9.17, 15) is 19.2 Å². The van der Waals surface area contributed by atoms with Gasteiger partial charge in [-0.2, -0.15) is 0 Å². The van der Waals surface area contributed by atoms with Crippen molar-refractivity contribution in [3.05, 3.63) is 95.1 Å². The molecule has 2 aromatic rings. The fourth-order valence-electron chi connectivity index (χ4n) is 5.26. The number of carbonyl (C=O) groups excluding carboxylic acids is 4. The lowest BCUT2D eigenvalue weighted by Gasteiger charge is -2.33. The van der Waals surface area contributed by atoms with Gasteiger partial charge in [-0.3, -0.25) is 19.2 Å². The van der Waals surface area contributed by atoms with Gasteiger partial charge in [-0.25, -0.2) is 0 Å². The first-order chi connectivity index (χ1) is 17.2. The maximum atomic E-state index is 12.2. The third-order valence-corrected chi connectivity index (χ3v) is 6.73. The fraction of sp³-hybridized carbons (Fsp3) is 0.333. The number of benzene rings is 2. The molecule has 6 nitrogen and oxygen atoms in total. The van der Waals surface area contributed by atoms with E-state index in [0.717, 1.165) is 22.3 Å². The summed E-state index contributed by atoms with van der Waals surface area (Å²) >= 11 is 0. The second-order valence-corrected chi connectivity index (χ2v) is 9.50. The Hall–Kier alpha value is -3.80. The lowest BCUT2D eigenvalue weighted by Crippen LogP contribution is -2.41. The highest BCUT2D eigenvalue weighted by molar-refractivity contribution is 5.99. The molecule has 6 heteroatoms. The van der Waals surface area contributed by atoms with Crippen LogP contribution >= 0.6 is 0 Å². The van der Waals surface area contributed by atoms with Crippen molar-refractivity contribution in [1.29, 1.82) is 0 Å². The smallest absolute Gasteiger partial charge is 0.317 e. The number of ether oxygens (including phenoxy) is 2. The standard InChI is InChI=1S/2C15H16O3/c2*1-11-8-13(16)10-15(9-11,14(17)18-2)12-6-4-3-5-7-12/h2*3-8H,9-10H2,1-2H3/t2*15-/m10/s1. The van der Waals surface area contributed by atoms with Gasteiger partial charge in [0.1, 0.15) is 10.8 Å². The third-order valence-electron chi connectivity index (χ3n) is 6.73. The highest BCUT2D eigenvalue weighted by atomic mass is 16.5. The lowest BCUT2D eigenvalue weighted by molar-refractivity contribution is -0.150. The molecule has 2 aliphatic carbocycles. The Kier molecular flexibility index (Phi) is 8.41. The Morgan fingerprint density at radius 2 is 0.944 bits per heavy atom. The van der Waals surface area contributed by atoms with E-state index in [1.165, 1.54) is 14.2 Å². The molecule has 0 saturated heterocycles. The van der Waals surface area contributed by atoms with Gasteiger partial charge in [0.2, 0.25) is 0 Å². The summed E-state index contributed by atoms with van der Waals surface area (Å²) in [6.45, 7) is 3.75. The molecule has 188 valence electrons.